The summed E-state index contributed by atoms with van der Waals surface area (Å²) in [5, 5.41) is 43.5. The van der Waals surface area contributed by atoms with E-state index in [0.717, 1.165) is 86.6 Å². The van der Waals surface area contributed by atoms with Gasteiger partial charge >= 0.3 is 7.12 Å². The summed E-state index contributed by atoms with van der Waals surface area (Å²) in [5.41, 5.74) is 16.3. The molecule has 4 nitrogen and oxygen atoms in total. The van der Waals surface area contributed by atoms with E-state index in [2.05, 4.69) is 295 Å². The Labute approximate surface area is 573 Å². The lowest BCUT2D eigenvalue weighted by atomic mass is 9.72. The van der Waals surface area contributed by atoms with E-state index >= 15 is 0 Å². The van der Waals surface area contributed by atoms with E-state index in [-0.39, 0.29) is 0 Å². The lowest BCUT2D eigenvalue weighted by molar-refractivity contribution is 0.426. The fourth-order valence-corrected chi connectivity index (χ4v) is 15.6. The molecule has 0 radical (unpaired) electrons. The third-order valence-electron chi connectivity index (χ3n) is 19.6. The van der Waals surface area contributed by atoms with Crippen molar-refractivity contribution in [1.29, 1.82) is 0 Å². The molecule has 0 bridgehead atoms. The summed E-state index contributed by atoms with van der Waals surface area (Å²) in [7, 11) is -1.55. The average Bonchev–Trinajstić information content (AvgIpc) is 1.49. The van der Waals surface area contributed by atoms with Gasteiger partial charge in [0.1, 0.15) is 22.3 Å². The average molecular weight is 1320 g/mol. The summed E-state index contributed by atoms with van der Waals surface area (Å²) in [5.74, 6) is 0. The second-order valence-electron chi connectivity index (χ2n) is 25.2. The zero-order valence-corrected chi connectivity index (χ0v) is 54.6. The van der Waals surface area contributed by atoms with Gasteiger partial charge in [0, 0.05) is 36.8 Å². The lowest BCUT2D eigenvalue weighted by Crippen LogP contribution is -2.31. The van der Waals surface area contributed by atoms with Crippen molar-refractivity contribution >= 4 is 159 Å². The number of hydrogen-bond donors (Lipinski definition) is 2. The van der Waals surface area contributed by atoms with Crippen LogP contribution in [-0.2, 0) is 0 Å². The molecule has 18 aromatic carbocycles. The van der Waals surface area contributed by atoms with Gasteiger partial charge in [-0.2, -0.15) is 0 Å². The highest BCUT2D eigenvalue weighted by atomic mass is 79.9. The number of benzene rings is 18. The van der Waals surface area contributed by atoms with Crippen LogP contribution >= 0.6 is 15.9 Å². The number of rotatable bonds is 6. The van der Waals surface area contributed by atoms with Crippen LogP contribution in [-0.4, -0.2) is 17.2 Å². The van der Waals surface area contributed by atoms with Crippen LogP contribution in [0.15, 0.2) is 353 Å². The van der Waals surface area contributed by atoms with Crippen LogP contribution in [0.3, 0.4) is 0 Å². The quantitative estimate of drug-likeness (QED) is 0.129. The molecule has 0 unspecified atom stereocenters. The molecule has 6 heteroatoms. The molecule has 0 atom stereocenters. The molecule has 98 heavy (non-hydrogen) atoms. The van der Waals surface area contributed by atoms with E-state index in [1.54, 1.807) is 0 Å². The van der Waals surface area contributed by atoms with Gasteiger partial charge in [0.2, 0.25) is 0 Å². The lowest BCUT2D eigenvalue weighted by Gasteiger charge is -2.18. The number of halogens is 1. The first-order chi connectivity index (χ1) is 48.4. The Morgan fingerprint density at radius 1 is 0.224 bits per heavy atom. The summed E-state index contributed by atoms with van der Waals surface area (Å²) in [6.45, 7) is 0. The van der Waals surface area contributed by atoms with Crippen LogP contribution in [0.4, 0.5) is 0 Å². The molecule has 0 aliphatic carbocycles. The highest BCUT2D eigenvalue weighted by molar-refractivity contribution is 9.10. The molecule has 2 heterocycles. The minimum Gasteiger partial charge on any atom is -0.455 e. The number of furan rings is 2. The molecular weight excluding hydrogens is 1260 g/mol. The van der Waals surface area contributed by atoms with Gasteiger partial charge in [0.15, 0.2) is 0 Å². The third kappa shape index (κ3) is 10.1. The van der Waals surface area contributed by atoms with E-state index < -0.39 is 7.12 Å². The molecule has 0 amide bonds. The summed E-state index contributed by atoms with van der Waals surface area (Å²) in [6.07, 6.45) is 0. The second kappa shape index (κ2) is 24.4. The molecule has 0 saturated heterocycles. The summed E-state index contributed by atoms with van der Waals surface area (Å²) in [6, 6.07) is 120. The number of hydrogen-bond acceptors (Lipinski definition) is 4. The molecule has 2 N–H and O–H groups in total. The zero-order chi connectivity index (χ0) is 65.4. The molecule has 0 spiro atoms. The smallest absolute Gasteiger partial charge is 0.455 e. The van der Waals surface area contributed by atoms with E-state index in [9.17, 15) is 10.0 Å². The topological polar surface area (TPSA) is 66.7 Å². The normalized spacial score (nSPS) is 11.6. The molecule has 20 rings (SSSR count). The Bertz CT molecular complexity index is 6450. The van der Waals surface area contributed by atoms with Crippen LogP contribution in [0, 0.1) is 0 Å². The third-order valence-corrected chi connectivity index (χ3v) is 20.1. The van der Waals surface area contributed by atoms with Crippen molar-refractivity contribution in [3.8, 4) is 55.6 Å². The maximum absolute atomic E-state index is 10.2. The Hall–Kier alpha value is -11.9. The standard InChI is InChI=1S/C46H28O.C30H21BO2.C16H9BrO/c1-3-16-34-29(11-1)13-10-22-35(34)31-14-9-15-32(27-31)44-37-18-5-7-20-39(37)45(40-21-8-6-19-38(40)44)33-24-26-43-42(28-33)41-25-23-30-12-2-4-17-36(30)46(41)47-43;32-31(33)30-27-16-5-3-14-25(27)29(26-15-4-6-17-28(26)30)22-12-7-11-21(19-22)24-18-8-10-20-9-1-2-13-23(20)24;17-11-6-8-15-14(9-11)13-7-5-10-3-1-2-4-12(10)16(13)18-15/h1-28H;1-19,32-33H;1-9H. The largest absolute Gasteiger partial charge is 0.489 e. The van der Waals surface area contributed by atoms with E-state index in [1.165, 1.54) is 104 Å². The molecule has 0 aliphatic rings. The van der Waals surface area contributed by atoms with Crippen LogP contribution in [0.5, 0.6) is 0 Å². The van der Waals surface area contributed by atoms with Crippen molar-refractivity contribution < 1.29 is 18.9 Å². The minimum atomic E-state index is -1.55. The fraction of sp³-hybridized carbons (Fsp3) is 0. The van der Waals surface area contributed by atoms with Gasteiger partial charge in [-0.25, -0.2) is 0 Å². The molecule has 0 aliphatic heterocycles. The van der Waals surface area contributed by atoms with Crippen molar-refractivity contribution in [2.75, 3.05) is 0 Å². The van der Waals surface area contributed by atoms with Crippen molar-refractivity contribution in [3.63, 3.8) is 0 Å². The van der Waals surface area contributed by atoms with E-state index in [4.69, 9.17) is 8.83 Å². The predicted molar refractivity (Wildman–Crippen MR) is 419 cm³/mol. The van der Waals surface area contributed by atoms with Gasteiger partial charge in [-0.05, 0) is 191 Å². The first kappa shape index (κ1) is 58.7. The first-order valence-electron chi connectivity index (χ1n) is 33.1. The van der Waals surface area contributed by atoms with Gasteiger partial charge in [-0.1, -0.05) is 301 Å². The molecular formula is C92H58BBrO4. The van der Waals surface area contributed by atoms with Gasteiger partial charge in [0.05, 0.1) is 0 Å². The first-order valence-corrected chi connectivity index (χ1v) is 33.9. The van der Waals surface area contributed by atoms with Gasteiger partial charge < -0.3 is 18.9 Å². The Kier molecular flexibility index (Phi) is 14.6. The summed E-state index contributed by atoms with van der Waals surface area (Å²) in [4.78, 5) is 0. The van der Waals surface area contributed by atoms with Crippen LogP contribution in [0.25, 0.3) is 186 Å². The summed E-state index contributed by atoms with van der Waals surface area (Å²) >= 11 is 3.51. The Morgan fingerprint density at radius 2 is 0.541 bits per heavy atom. The maximum atomic E-state index is 10.2. The van der Waals surface area contributed by atoms with Crippen LogP contribution < -0.4 is 5.46 Å². The van der Waals surface area contributed by atoms with Gasteiger partial charge in [0.25, 0.3) is 0 Å². The zero-order valence-electron chi connectivity index (χ0n) is 53.0. The molecule has 2 aromatic heterocycles. The molecule has 460 valence electrons. The van der Waals surface area contributed by atoms with Gasteiger partial charge in [-0.15, -0.1) is 0 Å². The Morgan fingerprint density at radius 3 is 0.969 bits per heavy atom. The van der Waals surface area contributed by atoms with Crippen LogP contribution in [0.2, 0.25) is 0 Å². The van der Waals surface area contributed by atoms with E-state index in [1.807, 2.05) is 60.7 Å². The molecule has 0 saturated carbocycles. The highest BCUT2D eigenvalue weighted by Crippen LogP contribution is 2.47. The minimum absolute atomic E-state index is 0.551. The van der Waals surface area contributed by atoms with Crippen molar-refractivity contribution in [1.82, 2.24) is 0 Å². The predicted octanol–water partition coefficient (Wildman–Crippen LogP) is 24.9. The van der Waals surface area contributed by atoms with Crippen LogP contribution in [0.1, 0.15) is 0 Å². The summed E-state index contributed by atoms with van der Waals surface area (Å²) < 4.78 is 13.6. The maximum Gasteiger partial charge on any atom is 0.489 e. The molecule has 0 fully saturated rings. The fourth-order valence-electron chi connectivity index (χ4n) is 15.3. The monoisotopic (exact) mass is 1320 g/mol. The van der Waals surface area contributed by atoms with E-state index in [0.29, 0.717) is 5.46 Å². The second-order valence-corrected chi connectivity index (χ2v) is 26.1. The Balaban J connectivity index is 0.000000118. The van der Waals surface area contributed by atoms with Crippen molar-refractivity contribution in [3.05, 3.63) is 344 Å². The molecule has 20 aromatic rings. The SMILES string of the molecule is Brc1ccc2oc3c4ccccc4ccc3c2c1.OB(O)c1c2ccccc2c(-c2cccc(-c3cccc4ccccc34)c2)c2ccccc12.c1cc(-c2cccc3ccccc23)cc(-c2c3ccccc3c(-c3ccc4oc5c6ccccc6ccc5c4c3)c3ccccc23)c1. The van der Waals surface area contributed by atoms with Gasteiger partial charge in [-0.3, -0.25) is 0 Å². The number of fused-ring (bicyclic) bond motifs is 16. The highest BCUT2D eigenvalue weighted by Gasteiger charge is 2.24. The van der Waals surface area contributed by atoms with Crippen molar-refractivity contribution in [2.45, 2.75) is 0 Å². The van der Waals surface area contributed by atoms with Crippen molar-refractivity contribution in [2.24, 2.45) is 0 Å².